The summed E-state index contributed by atoms with van der Waals surface area (Å²) >= 11 is 7.27. The molecule has 0 aliphatic heterocycles. The highest BCUT2D eigenvalue weighted by Gasteiger charge is 2.11. The van der Waals surface area contributed by atoms with Gasteiger partial charge in [0.1, 0.15) is 12.7 Å². The lowest BCUT2D eigenvalue weighted by molar-refractivity contribution is -0.113. The van der Waals surface area contributed by atoms with Crippen LogP contribution >= 0.6 is 23.4 Å². The van der Waals surface area contributed by atoms with Gasteiger partial charge in [-0.1, -0.05) is 23.4 Å². The van der Waals surface area contributed by atoms with E-state index in [2.05, 4.69) is 25.4 Å². The van der Waals surface area contributed by atoms with Crippen LogP contribution in [-0.2, 0) is 4.79 Å². The minimum atomic E-state index is -0.189. The molecule has 0 saturated carbocycles. The Morgan fingerprint density at radius 3 is 2.87 bits per heavy atom. The van der Waals surface area contributed by atoms with Gasteiger partial charge in [0.05, 0.1) is 17.1 Å². The smallest absolute Gasteiger partial charge is 0.234 e. The maximum atomic E-state index is 12.1. The van der Waals surface area contributed by atoms with Crippen molar-refractivity contribution in [1.29, 1.82) is 0 Å². The van der Waals surface area contributed by atoms with E-state index in [4.69, 9.17) is 11.6 Å². The van der Waals surface area contributed by atoms with Crippen LogP contribution in [0.3, 0.4) is 0 Å². The molecule has 116 valence electrons. The molecule has 0 unspecified atom stereocenters. The Morgan fingerprint density at radius 1 is 1.30 bits per heavy atom. The van der Waals surface area contributed by atoms with Crippen molar-refractivity contribution in [3.05, 3.63) is 54.3 Å². The van der Waals surface area contributed by atoms with Gasteiger partial charge in [-0.2, -0.15) is 5.10 Å². The van der Waals surface area contributed by atoms with Gasteiger partial charge in [0.15, 0.2) is 5.16 Å². The number of thioether (sulfide) groups is 1. The van der Waals surface area contributed by atoms with Crippen molar-refractivity contribution in [3.63, 3.8) is 0 Å². The van der Waals surface area contributed by atoms with Crippen molar-refractivity contribution in [2.75, 3.05) is 11.1 Å². The lowest BCUT2D eigenvalue weighted by Gasteiger charge is -2.11. The Hall–Kier alpha value is -2.45. The number of carbonyl (C=O) groups excluding carboxylic acids is 1. The van der Waals surface area contributed by atoms with Crippen LogP contribution in [0, 0.1) is 0 Å². The number of hydrogen-bond acceptors (Lipinski definition) is 6. The van der Waals surface area contributed by atoms with Gasteiger partial charge in [-0.25, -0.2) is 19.6 Å². The van der Waals surface area contributed by atoms with Gasteiger partial charge in [-0.15, -0.1) is 0 Å². The van der Waals surface area contributed by atoms with Gasteiger partial charge in [0, 0.05) is 17.4 Å². The molecule has 3 aromatic rings. The van der Waals surface area contributed by atoms with Crippen LogP contribution in [0.2, 0.25) is 5.02 Å². The Bertz CT molecular complexity index is 796. The third kappa shape index (κ3) is 4.05. The van der Waals surface area contributed by atoms with Crippen molar-refractivity contribution in [1.82, 2.24) is 24.7 Å². The highest BCUT2D eigenvalue weighted by Crippen LogP contribution is 2.24. The first-order valence-corrected chi connectivity index (χ1v) is 7.93. The molecule has 2 heterocycles. The zero-order chi connectivity index (χ0) is 16.1. The third-order valence-corrected chi connectivity index (χ3v) is 3.88. The second kappa shape index (κ2) is 7.21. The second-order valence-corrected chi connectivity index (χ2v) is 5.75. The summed E-state index contributed by atoms with van der Waals surface area (Å²) < 4.78 is 1.55. The number of nitrogens with one attached hydrogen (secondary N) is 1. The average Bonchev–Trinajstić information content (AvgIpc) is 3.08. The molecule has 0 aliphatic rings. The Labute approximate surface area is 141 Å². The van der Waals surface area contributed by atoms with Gasteiger partial charge in [0.25, 0.3) is 0 Å². The Morgan fingerprint density at radius 2 is 2.13 bits per heavy atom. The number of amides is 1. The fourth-order valence-corrected chi connectivity index (χ4v) is 2.59. The van der Waals surface area contributed by atoms with Crippen molar-refractivity contribution in [2.45, 2.75) is 5.16 Å². The van der Waals surface area contributed by atoms with Crippen LogP contribution < -0.4 is 5.32 Å². The molecule has 9 heteroatoms. The summed E-state index contributed by atoms with van der Waals surface area (Å²) in [6.45, 7) is 0. The molecular weight excluding hydrogens is 336 g/mol. The number of rotatable bonds is 5. The molecule has 2 aromatic heterocycles. The molecule has 0 spiro atoms. The molecule has 1 N–H and O–H groups in total. The highest BCUT2D eigenvalue weighted by molar-refractivity contribution is 7.99. The first-order valence-electron chi connectivity index (χ1n) is 6.56. The molecule has 0 aliphatic carbocycles. The summed E-state index contributed by atoms with van der Waals surface area (Å²) in [7, 11) is 0. The van der Waals surface area contributed by atoms with Crippen LogP contribution in [0.1, 0.15) is 0 Å². The molecule has 0 atom stereocenters. The molecule has 1 aromatic carbocycles. The predicted molar refractivity (Wildman–Crippen MR) is 87.8 cm³/mol. The predicted octanol–water partition coefficient (Wildman–Crippen LogP) is 2.44. The number of aromatic nitrogens is 5. The topological polar surface area (TPSA) is 85.6 Å². The van der Waals surface area contributed by atoms with Gasteiger partial charge >= 0.3 is 0 Å². The van der Waals surface area contributed by atoms with Crippen LogP contribution in [0.5, 0.6) is 0 Å². The molecular formula is C14H11ClN6OS. The molecule has 0 fully saturated rings. The van der Waals surface area contributed by atoms with E-state index in [0.717, 1.165) is 0 Å². The molecule has 1 amide bonds. The molecule has 0 radical (unpaired) electrons. The van der Waals surface area contributed by atoms with E-state index in [-0.39, 0.29) is 11.7 Å². The molecule has 0 bridgehead atoms. The Balaban J connectivity index is 1.72. The van der Waals surface area contributed by atoms with Crippen molar-refractivity contribution in [2.24, 2.45) is 0 Å². The summed E-state index contributed by atoms with van der Waals surface area (Å²) in [4.78, 5) is 24.2. The van der Waals surface area contributed by atoms with Crippen LogP contribution in [0.25, 0.3) is 5.69 Å². The van der Waals surface area contributed by atoms with Gasteiger partial charge < -0.3 is 5.32 Å². The first kappa shape index (κ1) is 15.4. The van der Waals surface area contributed by atoms with Crippen LogP contribution in [0.4, 0.5) is 5.69 Å². The summed E-state index contributed by atoms with van der Waals surface area (Å²) in [5, 5.41) is 7.95. The summed E-state index contributed by atoms with van der Waals surface area (Å²) in [5.74, 6) is -0.000989. The van der Waals surface area contributed by atoms with E-state index in [1.54, 1.807) is 47.7 Å². The monoisotopic (exact) mass is 346 g/mol. The van der Waals surface area contributed by atoms with Crippen molar-refractivity contribution >= 4 is 35.0 Å². The van der Waals surface area contributed by atoms with E-state index < -0.39 is 0 Å². The van der Waals surface area contributed by atoms with E-state index in [9.17, 15) is 4.79 Å². The Kier molecular flexibility index (Phi) is 4.84. The molecule has 3 rings (SSSR count). The summed E-state index contributed by atoms with van der Waals surface area (Å²) in [5.41, 5.74) is 1.24. The number of carbonyl (C=O) groups is 1. The number of nitrogens with zero attached hydrogens (tertiary/aromatic N) is 5. The zero-order valence-corrected chi connectivity index (χ0v) is 13.3. The van der Waals surface area contributed by atoms with E-state index in [1.165, 1.54) is 18.1 Å². The second-order valence-electron chi connectivity index (χ2n) is 4.37. The maximum Gasteiger partial charge on any atom is 0.234 e. The lowest BCUT2D eigenvalue weighted by atomic mass is 10.2. The quantitative estimate of drug-likeness (QED) is 0.564. The summed E-state index contributed by atoms with van der Waals surface area (Å²) in [6.07, 6.45) is 6.23. The fourth-order valence-electron chi connectivity index (χ4n) is 1.82. The van der Waals surface area contributed by atoms with E-state index >= 15 is 0 Å². The largest absolute Gasteiger partial charge is 0.323 e. The van der Waals surface area contributed by atoms with Crippen LogP contribution in [-0.4, -0.2) is 36.4 Å². The number of hydrogen-bond donors (Lipinski definition) is 1. The van der Waals surface area contributed by atoms with Gasteiger partial charge in [-0.05, 0) is 24.3 Å². The number of benzene rings is 1. The SMILES string of the molecule is O=C(CSc1ncccn1)Nc1cc(Cl)ccc1-n1cncn1. The minimum absolute atomic E-state index is 0.188. The van der Waals surface area contributed by atoms with Crippen molar-refractivity contribution in [3.8, 4) is 5.69 Å². The third-order valence-electron chi connectivity index (χ3n) is 2.77. The first-order chi connectivity index (χ1) is 11.2. The summed E-state index contributed by atoms with van der Waals surface area (Å²) in [6, 6.07) is 6.88. The van der Waals surface area contributed by atoms with Gasteiger partial charge in [0.2, 0.25) is 5.91 Å². The average molecular weight is 347 g/mol. The number of anilines is 1. The zero-order valence-electron chi connectivity index (χ0n) is 11.8. The fraction of sp³-hybridized carbons (Fsp3) is 0.0714. The normalized spacial score (nSPS) is 10.5. The minimum Gasteiger partial charge on any atom is -0.323 e. The molecule has 7 nitrogen and oxygen atoms in total. The standard InChI is InChI=1S/C14H11ClN6OS/c15-10-2-3-12(21-9-16-8-19-21)11(6-10)20-13(22)7-23-14-17-4-1-5-18-14/h1-6,8-9H,7H2,(H,20,22). The molecule has 23 heavy (non-hydrogen) atoms. The van der Waals surface area contributed by atoms with Crippen LogP contribution in [0.15, 0.2) is 54.5 Å². The van der Waals surface area contributed by atoms with Crippen molar-refractivity contribution < 1.29 is 4.79 Å². The van der Waals surface area contributed by atoms with E-state index in [1.807, 2.05) is 0 Å². The lowest BCUT2D eigenvalue weighted by Crippen LogP contribution is -2.16. The van der Waals surface area contributed by atoms with E-state index in [0.29, 0.717) is 21.6 Å². The highest BCUT2D eigenvalue weighted by atomic mass is 35.5. The molecule has 0 saturated heterocycles. The maximum absolute atomic E-state index is 12.1. The number of halogens is 1. The van der Waals surface area contributed by atoms with Gasteiger partial charge in [-0.3, -0.25) is 4.79 Å².